The number of rotatable bonds is 6. The fourth-order valence-electron chi connectivity index (χ4n) is 2.55. The van der Waals surface area contributed by atoms with Crippen molar-refractivity contribution in [2.75, 3.05) is 12.4 Å². The van der Waals surface area contributed by atoms with Crippen molar-refractivity contribution in [2.24, 2.45) is 0 Å². The second kappa shape index (κ2) is 7.90. The van der Waals surface area contributed by atoms with Gasteiger partial charge in [-0.3, -0.25) is 9.69 Å². The van der Waals surface area contributed by atoms with Gasteiger partial charge < -0.3 is 10.4 Å². The second-order valence-corrected chi connectivity index (χ2v) is 5.85. The van der Waals surface area contributed by atoms with Crippen LogP contribution >= 0.6 is 0 Å². The first-order valence-corrected chi connectivity index (χ1v) is 7.77. The van der Waals surface area contributed by atoms with Crippen LogP contribution in [-0.2, 0) is 11.3 Å². The van der Waals surface area contributed by atoms with Crippen molar-refractivity contribution in [1.82, 2.24) is 4.90 Å². The molecule has 2 N–H and O–H groups in total. The molecule has 4 heteroatoms. The molecule has 2 unspecified atom stereocenters. The number of benzene rings is 2. The molecule has 0 bridgehead atoms. The van der Waals surface area contributed by atoms with Crippen molar-refractivity contribution in [2.45, 2.75) is 32.5 Å². The summed E-state index contributed by atoms with van der Waals surface area (Å²) in [6.07, 6.45) is -0.561. The summed E-state index contributed by atoms with van der Waals surface area (Å²) in [6, 6.07) is 17.3. The van der Waals surface area contributed by atoms with Gasteiger partial charge in [-0.1, -0.05) is 48.5 Å². The van der Waals surface area contributed by atoms with Gasteiger partial charge >= 0.3 is 0 Å². The Hall–Kier alpha value is -2.17. The van der Waals surface area contributed by atoms with Gasteiger partial charge in [0.15, 0.2) is 0 Å². The lowest BCUT2D eigenvalue weighted by molar-refractivity contribution is -0.114. The van der Waals surface area contributed by atoms with E-state index in [1.807, 2.05) is 68.6 Å². The van der Waals surface area contributed by atoms with Gasteiger partial charge in [0.05, 0.1) is 6.10 Å². The number of para-hydroxylation sites is 1. The van der Waals surface area contributed by atoms with Gasteiger partial charge in [0.1, 0.15) is 0 Å². The Balaban J connectivity index is 2.09. The molecule has 0 saturated carbocycles. The molecule has 2 aromatic carbocycles. The average molecular weight is 312 g/mol. The van der Waals surface area contributed by atoms with E-state index in [0.717, 1.165) is 16.8 Å². The number of nitrogens with zero attached hydrogens (tertiary/aromatic N) is 1. The maximum atomic E-state index is 11.3. The lowest BCUT2D eigenvalue weighted by atomic mass is 10.0. The van der Waals surface area contributed by atoms with Crippen LogP contribution < -0.4 is 5.32 Å². The molecule has 2 atom stereocenters. The number of likely N-dealkylation sites (N-methyl/N-ethyl adjacent to an activating group) is 1. The molecule has 1 amide bonds. The van der Waals surface area contributed by atoms with Gasteiger partial charge in [-0.15, -0.1) is 0 Å². The second-order valence-electron chi connectivity index (χ2n) is 5.85. The summed E-state index contributed by atoms with van der Waals surface area (Å²) in [5, 5.41) is 13.4. The molecule has 0 aliphatic heterocycles. The number of nitrogens with one attached hydrogen (secondary N) is 1. The van der Waals surface area contributed by atoms with Crippen molar-refractivity contribution in [1.29, 1.82) is 0 Å². The molecular formula is C19H24N2O2. The Morgan fingerprint density at radius 1 is 1.13 bits per heavy atom. The number of aliphatic hydroxyl groups excluding tert-OH is 1. The van der Waals surface area contributed by atoms with Crippen molar-refractivity contribution < 1.29 is 9.90 Å². The minimum Gasteiger partial charge on any atom is -0.387 e. The Kier molecular flexibility index (Phi) is 5.90. The van der Waals surface area contributed by atoms with Gasteiger partial charge in [-0.05, 0) is 31.2 Å². The molecule has 0 aromatic heterocycles. The van der Waals surface area contributed by atoms with Gasteiger partial charge in [0.25, 0.3) is 0 Å². The lowest BCUT2D eigenvalue weighted by Crippen LogP contribution is -2.34. The maximum absolute atomic E-state index is 11.3. The van der Waals surface area contributed by atoms with E-state index >= 15 is 0 Å². The summed E-state index contributed by atoms with van der Waals surface area (Å²) in [5.74, 6) is -0.0857. The summed E-state index contributed by atoms with van der Waals surface area (Å²) in [4.78, 5) is 13.4. The molecule has 0 saturated heterocycles. The molecule has 0 spiro atoms. The molecule has 2 aromatic rings. The normalized spacial score (nSPS) is 13.6. The number of aliphatic hydroxyl groups is 1. The van der Waals surface area contributed by atoms with Gasteiger partial charge in [-0.2, -0.15) is 0 Å². The quantitative estimate of drug-likeness (QED) is 0.861. The zero-order chi connectivity index (χ0) is 16.8. The van der Waals surface area contributed by atoms with E-state index in [0.29, 0.717) is 6.54 Å². The summed E-state index contributed by atoms with van der Waals surface area (Å²) in [7, 11) is 1.97. The summed E-state index contributed by atoms with van der Waals surface area (Å²) < 4.78 is 0. The monoisotopic (exact) mass is 312 g/mol. The highest BCUT2D eigenvalue weighted by Crippen LogP contribution is 2.23. The zero-order valence-corrected chi connectivity index (χ0v) is 13.9. The Morgan fingerprint density at radius 3 is 2.39 bits per heavy atom. The maximum Gasteiger partial charge on any atom is 0.221 e. The van der Waals surface area contributed by atoms with Crippen LogP contribution in [0.1, 0.15) is 31.1 Å². The number of hydrogen-bond donors (Lipinski definition) is 2. The Morgan fingerprint density at radius 2 is 1.74 bits per heavy atom. The first-order valence-electron chi connectivity index (χ1n) is 7.77. The number of carbonyl (C=O) groups is 1. The number of anilines is 1. The van der Waals surface area contributed by atoms with Gasteiger partial charge in [0, 0.05) is 25.2 Å². The van der Waals surface area contributed by atoms with E-state index in [1.54, 1.807) is 0 Å². The largest absolute Gasteiger partial charge is 0.387 e. The van der Waals surface area contributed by atoms with Crippen LogP contribution in [0.4, 0.5) is 5.69 Å². The third-order valence-corrected chi connectivity index (χ3v) is 4.04. The van der Waals surface area contributed by atoms with Crippen LogP contribution in [0.25, 0.3) is 0 Å². The topological polar surface area (TPSA) is 52.6 Å². The van der Waals surface area contributed by atoms with E-state index in [9.17, 15) is 9.90 Å². The number of hydrogen-bond acceptors (Lipinski definition) is 3. The zero-order valence-electron chi connectivity index (χ0n) is 13.9. The first-order chi connectivity index (χ1) is 11.0. The van der Waals surface area contributed by atoms with Crippen molar-refractivity contribution in [3.8, 4) is 0 Å². The van der Waals surface area contributed by atoms with E-state index in [-0.39, 0.29) is 11.9 Å². The first kappa shape index (κ1) is 17.2. The van der Waals surface area contributed by atoms with Crippen LogP contribution in [0.2, 0.25) is 0 Å². The molecule has 122 valence electrons. The molecule has 0 fully saturated rings. The lowest BCUT2D eigenvalue weighted by Gasteiger charge is -2.29. The van der Waals surface area contributed by atoms with Crippen molar-refractivity contribution in [3.63, 3.8) is 0 Å². The number of carbonyl (C=O) groups excluding carboxylic acids is 1. The van der Waals surface area contributed by atoms with Gasteiger partial charge in [0.2, 0.25) is 5.91 Å². The van der Waals surface area contributed by atoms with Crippen LogP contribution in [-0.4, -0.2) is 29.0 Å². The standard InChI is InChI=1S/C19H24N2O2/c1-14(19(23)16-9-5-4-6-10-16)21(3)13-17-11-7-8-12-18(17)20-15(2)22/h4-12,14,19,23H,13H2,1-3H3,(H,20,22). The predicted octanol–water partition coefficient (Wildman–Crippen LogP) is 3.20. The third kappa shape index (κ3) is 4.65. The van der Waals surface area contributed by atoms with E-state index in [2.05, 4.69) is 10.2 Å². The van der Waals surface area contributed by atoms with E-state index < -0.39 is 6.10 Å². The number of amides is 1. The third-order valence-electron chi connectivity index (χ3n) is 4.04. The van der Waals surface area contributed by atoms with Crippen LogP contribution in [0.3, 0.4) is 0 Å². The van der Waals surface area contributed by atoms with E-state index in [1.165, 1.54) is 6.92 Å². The summed E-state index contributed by atoms with van der Waals surface area (Å²) >= 11 is 0. The Labute approximate surface area is 137 Å². The molecule has 4 nitrogen and oxygen atoms in total. The molecule has 0 radical (unpaired) electrons. The van der Waals surface area contributed by atoms with Gasteiger partial charge in [-0.25, -0.2) is 0 Å². The van der Waals surface area contributed by atoms with Crippen LogP contribution in [0.15, 0.2) is 54.6 Å². The fourth-order valence-corrected chi connectivity index (χ4v) is 2.55. The highest BCUT2D eigenvalue weighted by atomic mass is 16.3. The molecular weight excluding hydrogens is 288 g/mol. The highest BCUT2D eigenvalue weighted by Gasteiger charge is 2.21. The summed E-state index contributed by atoms with van der Waals surface area (Å²) in [6.45, 7) is 4.14. The van der Waals surface area contributed by atoms with Crippen LogP contribution in [0.5, 0.6) is 0 Å². The van der Waals surface area contributed by atoms with Crippen molar-refractivity contribution in [3.05, 3.63) is 65.7 Å². The Bertz CT molecular complexity index is 643. The highest BCUT2D eigenvalue weighted by molar-refractivity contribution is 5.89. The molecule has 0 aliphatic rings. The molecule has 0 aliphatic carbocycles. The smallest absolute Gasteiger partial charge is 0.221 e. The SMILES string of the molecule is CC(=O)Nc1ccccc1CN(C)C(C)C(O)c1ccccc1. The molecule has 23 heavy (non-hydrogen) atoms. The molecule has 0 heterocycles. The predicted molar refractivity (Wildman–Crippen MR) is 93.1 cm³/mol. The molecule has 2 rings (SSSR count). The minimum atomic E-state index is -0.561. The van der Waals surface area contributed by atoms with E-state index in [4.69, 9.17) is 0 Å². The van der Waals surface area contributed by atoms with Crippen LogP contribution in [0, 0.1) is 0 Å². The fraction of sp³-hybridized carbons (Fsp3) is 0.316. The summed E-state index contributed by atoms with van der Waals surface area (Å²) in [5.41, 5.74) is 2.74. The van der Waals surface area contributed by atoms with Crippen molar-refractivity contribution >= 4 is 11.6 Å². The minimum absolute atomic E-state index is 0.0530. The average Bonchev–Trinajstić information content (AvgIpc) is 2.55.